The van der Waals surface area contributed by atoms with Gasteiger partial charge in [0.15, 0.2) is 6.61 Å². The second-order valence-electron chi connectivity index (χ2n) is 8.00. The molecule has 4 atom stereocenters. The van der Waals surface area contributed by atoms with Gasteiger partial charge in [0, 0.05) is 0 Å². The van der Waals surface area contributed by atoms with Gasteiger partial charge in [0.25, 0.3) is 5.91 Å². The Balaban J connectivity index is 1.42. The average Bonchev–Trinajstić information content (AvgIpc) is 3.05. The second kappa shape index (κ2) is 10.1. The van der Waals surface area contributed by atoms with E-state index in [1.807, 2.05) is 0 Å². The number of rotatable bonds is 5. The lowest BCUT2D eigenvalue weighted by molar-refractivity contribution is -0.122. The van der Waals surface area contributed by atoms with E-state index in [-0.39, 0.29) is 38.8 Å². The van der Waals surface area contributed by atoms with Crippen molar-refractivity contribution < 1.29 is 23.9 Å². The maximum Gasteiger partial charge on any atom is 0.338 e. The third-order valence-corrected chi connectivity index (χ3v) is 7.72. The number of hydrogen-bond acceptors (Lipinski definition) is 5. The molecule has 0 radical (unpaired) electrons. The number of imide groups is 1. The lowest BCUT2D eigenvalue weighted by Crippen LogP contribution is -2.34. The molecule has 1 saturated heterocycles. The highest BCUT2D eigenvalue weighted by molar-refractivity contribution is 6.44. The van der Waals surface area contributed by atoms with E-state index >= 15 is 0 Å². The number of ether oxygens (including phenoxy) is 1. The number of alkyl halides is 2. The number of anilines is 2. The number of carbonyl (C=O) groups excluding carboxylic acids is 4. The molecule has 178 valence electrons. The molecule has 1 aliphatic carbocycles. The Bertz CT molecular complexity index is 1150. The Morgan fingerprint density at radius 3 is 2.24 bits per heavy atom. The molecule has 34 heavy (non-hydrogen) atoms. The number of halogens is 4. The molecular weight excluding hydrogens is 526 g/mol. The summed E-state index contributed by atoms with van der Waals surface area (Å²) in [5.74, 6) is -3.23. The lowest BCUT2D eigenvalue weighted by Gasteiger charge is -2.28. The molecule has 2 aromatic rings. The zero-order valence-corrected chi connectivity index (χ0v) is 20.5. The van der Waals surface area contributed by atoms with E-state index in [0.29, 0.717) is 12.8 Å². The van der Waals surface area contributed by atoms with Crippen molar-refractivity contribution in [1.29, 1.82) is 0 Å². The van der Waals surface area contributed by atoms with Gasteiger partial charge in [-0.2, -0.15) is 0 Å². The molecule has 0 bridgehead atoms. The van der Waals surface area contributed by atoms with Crippen LogP contribution in [0.15, 0.2) is 42.5 Å². The van der Waals surface area contributed by atoms with Gasteiger partial charge in [-0.1, -0.05) is 35.3 Å². The van der Waals surface area contributed by atoms with Crippen LogP contribution in [0, 0.1) is 11.8 Å². The summed E-state index contributed by atoms with van der Waals surface area (Å²) < 4.78 is 5.08. The molecule has 3 amide bonds. The van der Waals surface area contributed by atoms with Crippen LogP contribution in [0.25, 0.3) is 0 Å². The summed E-state index contributed by atoms with van der Waals surface area (Å²) in [5, 5.41) is 2.15. The van der Waals surface area contributed by atoms with Gasteiger partial charge in [0.1, 0.15) is 0 Å². The van der Waals surface area contributed by atoms with Crippen LogP contribution in [0.1, 0.15) is 23.2 Å². The van der Waals surface area contributed by atoms with Crippen LogP contribution >= 0.6 is 46.4 Å². The quantitative estimate of drug-likeness (QED) is 0.329. The topological polar surface area (TPSA) is 92.8 Å². The van der Waals surface area contributed by atoms with Gasteiger partial charge in [0.2, 0.25) is 11.8 Å². The van der Waals surface area contributed by atoms with Crippen LogP contribution in [-0.4, -0.2) is 41.1 Å². The molecule has 2 aromatic carbocycles. The smallest absolute Gasteiger partial charge is 0.338 e. The summed E-state index contributed by atoms with van der Waals surface area (Å²) in [6.45, 7) is -0.578. The van der Waals surface area contributed by atoms with E-state index in [1.165, 1.54) is 18.2 Å². The van der Waals surface area contributed by atoms with E-state index < -0.39 is 41.1 Å². The Morgan fingerprint density at radius 2 is 1.59 bits per heavy atom. The minimum absolute atomic E-state index is 0.0759. The van der Waals surface area contributed by atoms with Crippen molar-refractivity contribution in [2.75, 3.05) is 16.8 Å². The number of benzene rings is 2. The molecule has 2 aliphatic rings. The van der Waals surface area contributed by atoms with Crippen LogP contribution in [0.3, 0.4) is 0 Å². The molecule has 2 fully saturated rings. The molecule has 11 heteroatoms. The molecule has 1 aliphatic heterocycles. The summed E-state index contributed by atoms with van der Waals surface area (Å²) >= 11 is 24.4. The zero-order chi connectivity index (χ0) is 24.6. The van der Waals surface area contributed by atoms with Gasteiger partial charge in [-0.3, -0.25) is 19.3 Å². The predicted octanol–water partition coefficient (Wildman–Crippen LogP) is 4.90. The van der Waals surface area contributed by atoms with E-state index in [4.69, 9.17) is 51.1 Å². The van der Waals surface area contributed by atoms with E-state index in [1.54, 1.807) is 24.3 Å². The fraction of sp³-hybridized carbons (Fsp3) is 0.304. The maximum absolute atomic E-state index is 12.9. The minimum Gasteiger partial charge on any atom is -0.452 e. The number of carbonyl (C=O) groups is 4. The number of amides is 3. The van der Waals surface area contributed by atoms with Crippen LogP contribution in [0.2, 0.25) is 10.0 Å². The number of nitrogens with one attached hydrogen (secondary N) is 1. The Morgan fingerprint density at radius 1 is 0.971 bits per heavy atom. The Labute approximate surface area is 215 Å². The average molecular weight is 544 g/mol. The third kappa shape index (κ3) is 4.89. The highest BCUT2D eigenvalue weighted by Gasteiger charge is 2.52. The Hall–Kier alpha value is -2.32. The highest BCUT2D eigenvalue weighted by atomic mass is 35.5. The van der Waals surface area contributed by atoms with E-state index in [0.717, 1.165) is 4.90 Å². The normalized spacial score (nSPS) is 24.1. The fourth-order valence-corrected chi connectivity index (χ4v) is 5.06. The molecule has 0 aromatic heterocycles. The summed E-state index contributed by atoms with van der Waals surface area (Å²) in [7, 11) is 0. The molecule has 1 N–H and O–H groups in total. The summed E-state index contributed by atoms with van der Waals surface area (Å²) in [5.41, 5.74) is 0.598. The predicted molar refractivity (Wildman–Crippen MR) is 130 cm³/mol. The van der Waals surface area contributed by atoms with Crippen molar-refractivity contribution in [3.63, 3.8) is 0 Å². The molecular formula is C23H18Cl4N2O5. The van der Waals surface area contributed by atoms with Crippen molar-refractivity contribution >= 4 is 81.5 Å². The Kier molecular flexibility index (Phi) is 7.38. The fourth-order valence-electron chi connectivity index (χ4n) is 4.12. The second-order valence-corrected chi connectivity index (χ2v) is 9.91. The van der Waals surface area contributed by atoms with Crippen molar-refractivity contribution in [3.8, 4) is 0 Å². The standard InChI is InChI=1S/C23H18Cl4N2O5/c24-15-5-2-6-18(20(15)27)28-19(30)10-34-23(33)11-3-1-4-12(7-11)29-21(31)13-8-16(25)17(26)9-14(13)22(29)32/h1-7,13-14,16-17H,8-10H2,(H,28,30)/t13-,14+,16+,17-. The first-order valence-electron chi connectivity index (χ1n) is 10.3. The number of esters is 1. The SMILES string of the molecule is O=C(COC(=O)c1cccc(N2C(=O)[C@H]3C[C@@H](Cl)[C@@H](Cl)C[C@H]3C2=O)c1)Nc1cccc(Cl)c1Cl. The maximum atomic E-state index is 12.9. The molecule has 7 nitrogen and oxygen atoms in total. The molecule has 1 heterocycles. The van der Waals surface area contributed by atoms with Crippen LogP contribution in [0.4, 0.5) is 11.4 Å². The third-order valence-electron chi connectivity index (χ3n) is 5.81. The monoisotopic (exact) mass is 542 g/mol. The van der Waals surface area contributed by atoms with Crippen LogP contribution in [-0.2, 0) is 19.1 Å². The molecule has 4 rings (SSSR count). The van der Waals surface area contributed by atoms with Crippen molar-refractivity contribution in [2.45, 2.75) is 23.6 Å². The van der Waals surface area contributed by atoms with Crippen LogP contribution in [0.5, 0.6) is 0 Å². The van der Waals surface area contributed by atoms with Crippen molar-refractivity contribution in [1.82, 2.24) is 0 Å². The first-order valence-corrected chi connectivity index (χ1v) is 12.0. The summed E-state index contributed by atoms with van der Waals surface area (Å²) in [6, 6.07) is 10.6. The van der Waals surface area contributed by atoms with Gasteiger partial charge in [-0.05, 0) is 43.2 Å². The highest BCUT2D eigenvalue weighted by Crippen LogP contribution is 2.43. The van der Waals surface area contributed by atoms with Gasteiger partial charge in [-0.25, -0.2) is 4.79 Å². The van der Waals surface area contributed by atoms with Crippen molar-refractivity contribution in [2.24, 2.45) is 11.8 Å². The molecule has 1 saturated carbocycles. The summed E-state index contributed by atoms with van der Waals surface area (Å²) in [4.78, 5) is 51.6. The molecule has 0 unspecified atom stereocenters. The largest absolute Gasteiger partial charge is 0.452 e. The van der Waals surface area contributed by atoms with Gasteiger partial charge in [0.05, 0.1) is 49.6 Å². The minimum atomic E-state index is -0.799. The molecule has 0 spiro atoms. The van der Waals surface area contributed by atoms with E-state index in [9.17, 15) is 19.2 Å². The first kappa shape index (κ1) is 24.8. The van der Waals surface area contributed by atoms with Crippen molar-refractivity contribution in [3.05, 3.63) is 58.1 Å². The zero-order valence-electron chi connectivity index (χ0n) is 17.5. The van der Waals surface area contributed by atoms with Gasteiger partial charge in [-0.15, -0.1) is 23.2 Å². The van der Waals surface area contributed by atoms with Crippen LogP contribution < -0.4 is 10.2 Å². The number of hydrogen-bond donors (Lipinski definition) is 1. The first-order chi connectivity index (χ1) is 16.2. The summed E-state index contributed by atoms with van der Waals surface area (Å²) in [6.07, 6.45) is 0.629. The lowest BCUT2D eigenvalue weighted by atomic mass is 9.80. The van der Waals surface area contributed by atoms with Gasteiger partial charge >= 0.3 is 5.97 Å². The number of fused-ring (bicyclic) bond motifs is 1. The number of nitrogens with zero attached hydrogens (tertiary/aromatic N) is 1. The van der Waals surface area contributed by atoms with Gasteiger partial charge < -0.3 is 10.1 Å². The van der Waals surface area contributed by atoms with E-state index in [2.05, 4.69) is 5.32 Å².